The Bertz CT molecular complexity index is 633. The van der Waals surface area contributed by atoms with Crippen molar-refractivity contribution in [1.82, 2.24) is 0 Å². The Morgan fingerprint density at radius 1 is 1.13 bits per heavy atom. The minimum atomic E-state index is -0.215. The van der Waals surface area contributed by atoms with Gasteiger partial charge in [0, 0.05) is 12.5 Å². The lowest BCUT2D eigenvalue weighted by molar-refractivity contribution is -0.105. The van der Waals surface area contributed by atoms with Crippen molar-refractivity contribution < 1.29 is 19.0 Å². The van der Waals surface area contributed by atoms with Gasteiger partial charge in [0.05, 0.1) is 12.2 Å². The molecule has 1 fully saturated rings. The van der Waals surface area contributed by atoms with Crippen LogP contribution in [0.25, 0.3) is 0 Å². The first-order valence-electron chi connectivity index (χ1n) is 7.89. The normalized spacial score (nSPS) is 17.5. The topological polar surface area (TPSA) is 44.8 Å². The summed E-state index contributed by atoms with van der Waals surface area (Å²) in [7, 11) is 0. The molecule has 0 amide bonds. The second-order valence-electron chi connectivity index (χ2n) is 5.51. The van der Waals surface area contributed by atoms with Crippen molar-refractivity contribution in [3.8, 4) is 11.5 Å². The maximum Gasteiger partial charge on any atom is 0.199 e. The summed E-state index contributed by atoms with van der Waals surface area (Å²) in [4.78, 5) is 11.2. The highest BCUT2D eigenvalue weighted by Gasteiger charge is 2.16. The molecule has 4 nitrogen and oxygen atoms in total. The summed E-state index contributed by atoms with van der Waals surface area (Å²) < 4.78 is 17.2. The van der Waals surface area contributed by atoms with Crippen LogP contribution in [0.1, 0.15) is 35.2 Å². The van der Waals surface area contributed by atoms with Crippen LogP contribution in [0.15, 0.2) is 48.5 Å². The molecule has 0 saturated carbocycles. The number of aldehydes is 1. The molecular formula is C19H20O4. The number of carbonyl (C=O) groups is 1. The smallest absolute Gasteiger partial charge is 0.199 e. The van der Waals surface area contributed by atoms with Gasteiger partial charge in [0.1, 0.15) is 18.1 Å². The van der Waals surface area contributed by atoms with E-state index in [1.165, 1.54) is 0 Å². The first kappa shape index (κ1) is 15.6. The molecule has 0 aromatic heterocycles. The molecule has 1 atom stereocenters. The molecule has 2 aromatic carbocycles. The van der Waals surface area contributed by atoms with Gasteiger partial charge in [-0.05, 0) is 30.5 Å². The number of carbonyl (C=O) groups excluding carboxylic acids is 1. The fourth-order valence-electron chi connectivity index (χ4n) is 2.50. The molecule has 1 saturated heterocycles. The summed E-state index contributed by atoms with van der Waals surface area (Å²) in [6.45, 7) is 1.14. The molecule has 0 aliphatic carbocycles. The average molecular weight is 312 g/mol. The molecule has 1 aliphatic rings. The van der Waals surface area contributed by atoms with Gasteiger partial charge in [-0.3, -0.25) is 4.79 Å². The zero-order valence-electron chi connectivity index (χ0n) is 12.9. The van der Waals surface area contributed by atoms with Crippen LogP contribution in [0.2, 0.25) is 0 Å². The monoisotopic (exact) mass is 312 g/mol. The number of rotatable bonds is 6. The summed E-state index contributed by atoms with van der Waals surface area (Å²) in [5.74, 6) is 1.18. The summed E-state index contributed by atoms with van der Waals surface area (Å²) in [6.07, 6.45) is 3.65. The number of hydrogen-bond donors (Lipinski definition) is 0. The van der Waals surface area contributed by atoms with Gasteiger partial charge in [0.15, 0.2) is 12.6 Å². The van der Waals surface area contributed by atoms with Gasteiger partial charge in [-0.15, -0.1) is 0 Å². The van der Waals surface area contributed by atoms with Crippen LogP contribution in [0.5, 0.6) is 11.5 Å². The molecule has 0 N–H and O–H groups in total. The Morgan fingerprint density at radius 3 is 2.74 bits per heavy atom. The van der Waals surface area contributed by atoms with Gasteiger partial charge in [-0.2, -0.15) is 0 Å². The SMILES string of the molecule is O=Cc1ccc(OC2CCCCO2)cc1OCc1ccccc1. The van der Waals surface area contributed by atoms with E-state index in [1.807, 2.05) is 30.3 Å². The number of hydrogen-bond acceptors (Lipinski definition) is 4. The van der Waals surface area contributed by atoms with Crippen LogP contribution in [0.3, 0.4) is 0 Å². The maximum absolute atomic E-state index is 11.2. The molecule has 0 bridgehead atoms. The van der Waals surface area contributed by atoms with Gasteiger partial charge in [-0.1, -0.05) is 30.3 Å². The Hall–Kier alpha value is -2.33. The van der Waals surface area contributed by atoms with Crippen LogP contribution < -0.4 is 9.47 Å². The van der Waals surface area contributed by atoms with E-state index in [9.17, 15) is 4.79 Å². The minimum absolute atomic E-state index is 0.215. The van der Waals surface area contributed by atoms with Crippen molar-refractivity contribution in [3.63, 3.8) is 0 Å². The van der Waals surface area contributed by atoms with Gasteiger partial charge in [0.2, 0.25) is 0 Å². The second-order valence-corrected chi connectivity index (χ2v) is 5.51. The largest absolute Gasteiger partial charge is 0.488 e. The highest BCUT2D eigenvalue weighted by atomic mass is 16.7. The van der Waals surface area contributed by atoms with Gasteiger partial charge >= 0.3 is 0 Å². The van der Waals surface area contributed by atoms with Crippen molar-refractivity contribution >= 4 is 6.29 Å². The molecule has 1 unspecified atom stereocenters. The van der Waals surface area contributed by atoms with Crippen LogP contribution >= 0.6 is 0 Å². The third kappa shape index (κ3) is 4.33. The molecule has 0 spiro atoms. The van der Waals surface area contributed by atoms with Crippen molar-refractivity contribution in [2.75, 3.05) is 6.61 Å². The molecule has 3 rings (SSSR count). The minimum Gasteiger partial charge on any atom is -0.488 e. The van der Waals surface area contributed by atoms with Crippen molar-refractivity contribution in [2.24, 2.45) is 0 Å². The van der Waals surface area contributed by atoms with Crippen LogP contribution in [0, 0.1) is 0 Å². The molecule has 0 radical (unpaired) electrons. The first-order valence-corrected chi connectivity index (χ1v) is 7.89. The van der Waals surface area contributed by atoms with Crippen LogP contribution in [-0.4, -0.2) is 19.2 Å². The van der Waals surface area contributed by atoms with Crippen molar-refractivity contribution in [1.29, 1.82) is 0 Å². The van der Waals surface area contributed by atoms with E-state index in [1.54, 1.807) is 18.2 Å². The van der Waals surface area contributed by atoms with Gasteiger partial charge < -0.3 is 14.2 Å². The lowest BCUT2D eigenvalue weighted by Gasteiger charge is -2.23. The van der Waals surface area contributed by atoms with Gasteiger partial charge in [0.25, 0.3) is 0 Å². The zero-order chi connectivity index (χ0) is 15.9. The van der Waals surface area contributed by atoms with E-state index in [4.69, 9.17) is 14.2 Å². The lowest BCUT2D eigenvalue weighted by atomic mass is 10.2. The molecule has 23 heavy (non-hydrogen) atoms. The third-order valence-electron chi connectivity index (χ3n) is 3.75. The quantitative estimate of drug-likeness (QED) is 0.757. The van der Waals surface area contributed by atoms with Crippen molar-refractivity contribution in [3.05, 3.63) is 59.7 Å². The Balaban J connectivity index is 1.69. The molecular weight excluding hydrogens is 292 g/mol. The first-order chi connectivity index (χ1) is 11.3. The Labute approximate surface area is 136 Å². The summed E-state index contributed by atoms with van der Waals surface area (Å²) >= 11 is 0. The molecule has 1 heterocycles. The summed E-state index contributed by atoms with van der Waals surface area (Å²) in [5.41, 5.74) is 1.56. The predicted octanol–water partition coefficient (Wildman–Crippen LogP) is 3.98. The predicted molar refractivity (Wildman–Crippen MR) is 86.8 cm³/mol. The highest BCUT2D eigenvalue weighted by molar-refractivity contribution is 5.79. The fraction of sp³-hybridized carbons (Fsp3) is 0.316. The van der Waals surface area contributed by atoms with Crippen LogP contribution in [0.4, 0.5) is 0 Å². The fourth-order valence-corrected chi connectivity index (χ4v) is 2.50. The molecule has 1 aliphatic heterocycles. The van der Waals surface area contributed by atoms with E-state index >= 15 is 0 Å². The molecule has 4 heteroatoms. The van der Waals surface area contributed by atoms with Crippen molar-refractivity contribution in [2.45, 2.75) is 32.2 Å². The highest BCUT2D eigenvalue weighted by Crippen LogP contribution is 2.27. The van der Waals surface area contributed by atoms with Gasteiger partial charge in [-0.25, -0.2) is 0 Å². The average Bonchev–Trinajstić information content (AvgIpc) is 2.62. The third-order valence-corrected chi connectivity index (χ3v) is 3.75. The number of benzene rings is 2. The second kappa shape index (κ2) is 7.79. The summed E-state index contributed by atoms with van der Waals surface area (Å²) in [6, 6.07) is 15.1. The zero-order valence-corrected chi connectivity index (χ0v) is 12.9. The Morgan fingerprint density at radius 2 is 2.00 bits per heavy atom. The van der Waals surface area contributed by atoms with Crippen LogP contribution in [-0.2, 0) is 11.3 Å². The molecule has 2 aromatic rings. The molecule has 120 valence electrons. The summed E-state index contributed by atoms with van der Waals surface area (Å²) in [5, 5.41) is 0. The lowest BCUT2D eigenvalue weighted by Crippen LogP contribution is -2.25. The van der Waals surface area contributed by atoms with E-state index in [2.05, 4.69) is 0 Å². The van der Waals surface area contributed by atoms with E-state index < -0.39 is 0 Å². The Kier molecular flexibility index (Phi) is 5.27. The van der Waals surface area contributed by atoms with E-state index in [0.717, 1.165) is 37.7 Å². The standard InChI is InChI=1S/C19H20O4/c20-13-16-9-10-17(23-19-8-4-5-11-21-19)12-18(16)22-14-15-6-2-1-3-7-15/h1-3,6-7,9-10,12-13,19H,4-5,8,11,14H2. The van der Waals surface area contributed by atoms with E-state index in [-0.39, 0.29) is 6.29 Å². The number of ether oxygens (including phenoxy) is 3. The van der Waals surface area contributed by atoms with E-state index in [0.29, 0.717) is 23.7 Å². The maximum atomic E-state index is 11.2.